The van der Waals surface area contributed by atoms with Gasteiger partial charge in [-0.05, 0) is 63.0 Å². The Balaban J connectivity index is 1.10. The quantitative estimate of drug-likeness (QED) is 0.352. The van der Waals surface area contributed by atoms with E-state index >= 15 is 0 Å². The van der Waals surface area contributed by atoms with Gasteiger partial charge >= 0.3 is 5.97 Å². The van der Waals surface area contributed by atoms with Crippen LogP contribution >= 0.6 is 0 Å². The van der Waals surface area contributed by atoms with Crippen LogP contribution in [-0.2, 0) is 14.2 Å². The van der Waals surface area contributed by atoms with E-state index in [4.69, 9.17) is 28.9 Å². The van der Waals surface area contributed by atoms with Gasteiger partial charge in [0.2, 0.25) is 11.8 Å². The second-order valence-corrected chi connectivity index (χ2v) is 11.0. The normalized spacial score (nSPS) is 21.6. The molecule has 2 N–H and O–H groups in total. The van der Waals surface area contributed by atoms with E-state index < -0.39 is 5.97 Å². The first-order valence-electron chi connectivity index (χ1n) is 15.2. The molecule has 0 amide bonds. The molecule has 4 heterocycles. The number of hydrogen-bond acceptors (Lipinski definition) is 11. The van der Waals surface area contributed by atoms with E-state index in [2.05, 4.69) is 44.8 Å². The number of aromatic nitrogens is 3. The summed E-state index contributed by atoms with van der Waals surface area (Å²) in [6, 6.07) is 10.8. The monoisotopic (exact) mass is 576 g/mol. The van der Waals surface area contributed by atoms with Crippen molar-refractivity contribution in [2.45, 2.75) is 63.6 Å². The van der Waals surface area contributed by atoms with Crippen molar-refractivity contribution in [3.63, 3.8) is 0 Å². The molecule has 0 unspecified atom stereocenters. The van der Waals surface area contributed by atoms with Crippen molar-refractivity contribution in [1.29, 1.82) is 0 Å². The summed E-state index contributed by atoms with van der Waals surface area (Å²) in [5.41, 5.74) is 0.352. The fourth-order valence-corrected chi connectivity index (χ4v) is 5.82. The van der Waals surface area contributed by atoms with Gasteiger partial charge in [-0.15, -0.1) is 0 Å². The Bertz CT molecular complexity index is 1350. The van der Waals surface area contributed by atoms with E-state index in [1.54, 1.807) is 13.1 Å². The van der Waals surface area contributed by atoms with Crippen LogP contribution in [0.5, 0.6) is 5.88 Å². The van der Waals surface area contributed by atoms with Crippen LogP contribution in [0.1, 0.15) is 55.8 Å². The van der Waals surface area contributed by atoms with Gasteiger partial charge in [-0.3, -0.25) is 0 Å². The molecule has 0 radical (unpaired) electrons. The molecule has 0 atom stereocenters. The molecular weight excluding hydrogens is 536 g/mol. The molecule has 1 aromatic carbocycles. The zero-order valence-electron chi connectivity index (χ0n) is 24.2. The highest BCUT2D eigenvalue weighted by Crippen LogP contribution is 2.32. The number of anilines is 3. The molecule has 3 fully saturated rings. The third kappa shape index (κ3) is 6.84. The molecule has 0 bridgehead atoms. The first-order chi connectivity index (χ1) is 20.7. The number of benzene rings is 1. The van der Waals surface area contributed by atoms with Gasteiger partial charge in [0.05, 0.1) is 19.8 Å². The molecule has 3 aliphatic rings. The van der Waals surface area contributed by atoms with Crippen molar-refractivity contribution in [1.82, 2.24) is 15.0 Å². The van der Waals surface area contributed by atoms with Gasteiger partial charge in [0.25, 0.3) is 0 Å². The average molecular weight is 577 g/mol. The number of pyridine rings is 1. The highest BCUT2D eigenvalue weighted by molar-refractivity contribution is 5.94. The minimum Gasteiger partial charge on any atom is -0.474 e. The summed E-state index contributed by atoms with van der Waals surface area (Å²) in [7, 11) is 0. The van der Waals surface area contributed by atoms with Crippen LogP contribution in [-0.4, -0.2) is 85.2 Å². The molecule has 224 valence electrons. The topological polar surface area (TPSA) is 120 Å². The third-order valence-corrected chi connectivity index (χ3v) is 8.16. The van der Waals surface area contributed by atoms with Gasteiger partial charge in [-0.1, -0.05) is 18.2 Å². The molecule has 1 aliphatic carbocycles. The van der Waals surface area contributed by atoms with E-state index in [9.17, 15) is 4.79 Å². The Morgan fingerprint density at radius 2 is 1.69 bits per heavy atom. The number of nitrogens with one attached hydrogen (secondary N) is 2. The lowest BCUT2D eigenvalue weighted by Gasteiger charge is -2.31. The number of carbonyl (C=O) groups is 1. The average Bonchev–Trinajstić information content (AvgIpc) is 3.03. The van der Waals surface area contributed by atoms with Crippen LogP contribution in [0.2, 0.25) is 0 Å². The maximum absolute atomic E-state index is 12.6. The molecule has 2 aromatic heterocycles. The molecule has 42 heavy (non-hydrogen) atoms. The van der Waals surface area contributed by atoms with E-state index in [1.165, 1.54) is 0 Å². The van der Waals surface area contributed by atoms with Gasteiger partial charge in [0.15, 0.2) is 0 Å². The summed E-state index contributed by atoms with van der Waals surface area (Å²) in [4.78, 5) is 29.0. The van der Waals surface area contributed by atoms with Crippen LogP contribution in [0, 0.1) is 0 Å². The summed E-state index contributed by atoms with van der Waals surface area (Å²) in [6.45, 7) is 6.55. The zero-order valence-corrected chi connectivity index (χ0v) is 24.2. The van der Waals surface area contributed by atoms with E-state index in [0.717, 1.165) is 68.2 Å². The Hall–Kier alpha value is -3.70. The van der Waals surface area contributed by atoms with Crippen molar-refractivity contribution in [3.8, 4) is 5.88 Å². The Kier molecular flexibility index (Phi) is 9.15. The van der Waals surface area contributed by atoms with Gasteiger partial charge in [-0.2, -0.15) is 9.97 Å². The summed E-state index contributed by atoms with van der Waals surface area (Å²) in [5, 5.41) is 9.10. The number of ether oxygens (including phenoxy) is 4. The second kappa shape index (κ2) is 13.5. The molecule has 2 saturated heterocycles. The van der Waals surface area contributed by atoms with Crippen LogP contribution < -0.4 is 20.3 Å². The maximum atomic E-state index is 12.6. The highest BCUT2D eigenvalue weighted by atomic mass is 16.5. The van der Waals surface area contributed by atoms with E-state index in [-0.39, 0.29) is 18.2 Å². The number of fused-ring (bicyclic) bond motifs is 1. The molecule has 11 heteroatoms. The smallest absolute Gasteiger partial charge is 0.343 e. The molecule has 2 aliphatic heterocycles. The predicted molar refractivity (Wildman–Crippen MR) is 161 cm³/mol. The first kappa shape index (κ1) is 28.4. The number of hydrogen-bond donors (Lipinski definition) is 2. The van der Waals surface area contributed by atoms with Crippen molar-refractivity contribution < 1.29 is 23.7 Å². The Morgan fingerprint density at radius 3 is 2.48 bits per heavy atom. The van der Waals surface area contributed by atoms with Gasteiger partial charge < -0.3 is 34.5 Å². The standard InChI is InChI=1S/C31H40N6O5/c1-2-41-30(38)26-20-32-31(36-28(26)33-23-11-15-39-16-12-23)34-22-7-9-24(10-8-22)42-29-25-6-4-3-5-21(25)19-27(35-29)37-13-17-40-18-14-37/h3-6,19-20,22-24H,2,7-18H2,1H3,(H2,32,33,34,36). The Labute approximate surface area is 246 Å². The summed E-state index contributed by atoms with van der Waals surface area (Å²) < 4.78 is 22.8. The molecular formula is C31H40N6O5. The van der Waals surface area contributed by atoms with Crippen molar-refractivity contribution in [2.75, 3.05) is 61.7 Å². The van der Waals surface area contributed by atoms with Crippen molar-refractivity contribution in [3.05, 3.63) is 42.1 Å². The summed E-state index contributed by atoms with van der Waals surface area (Å²) in [6.07, 6.45) is 6.97. The predicted octanol–water partition coefficient (Wildman–Crippen LogP) is 4.43. The number of morpholine rings is 1. The summed E-state index contributed by atoms with van der Waals surface area (Å²) in [5.74, 6) is 2.24. The minimum atomic E-state index is -0.421. The lowest BCUT2D eigenvalue weighted by Crippen LogP contribution is -2.37. The third-order valence-electron chi connectivity index (χ3n) is 8.16. The lowest BCUT2D eigenvalue weighted by molar-refractivity contribution is 0.0526. The molecule has 11 nitrogen and oxygen atoms in total. The van der Waals surface area contributed by atoms with E-state index in [1.807, 2.05) is 6.07 Å². The second-order valence-electron chi connectivity index (χ2n) is 11.0. The van der Waals surface area contributed by atoms with Crippen LogP contribution in [0.15, 0.2) is 36.5 Å². The van der Waals surface area contributed by atoms with Crippen LogP contribution in [0.3, 0.4) is 0 Å². The fourth-order valence-electron chi connectivity index (χ4n) is 5.82. The molecule has 1 saturated carbocycles. The SMILES string of the molecule is CCOC(=O)c1cnc(NC2CCC(Oc3nc(N4CCOCC4)cc4ccccc34)CC2)nc1NC1CCOCC1. The van der Waals surface area contributed by atoms with Crippen LogP contribution in [0.4, 0.5) is 17.6 Å². The summed E-state index contributed by atoms with van der Waals surface area (Å²) >= 11 is 0. The first-order valence-corrected chi connectivity index (χ1v) is 15.2. The van der Waals surface area contributed by atoms with Crippen LogP contribution in [0.25, 0.3) is 10.8 Å². The fraction of sp³-hybridized carbons (Fsp3) is 0.548. The van der Waals surface area contributed by atoms with E-state index in [0.29, 0.717) is 56.2 Å². The number of carbonyl (C=O) groups excluding carboxylic acids is 1. The number of rotatable bonds is 9. The van der Waals surface area contributed by atoms with Gasteiger partial charge in [0.1, 0.15) is 23.3 Å². The minimum absolute atomic E-state index is 0.0803. The zero-order chi connectivity index (χ0) is 28.7. The van der Waals surface area contributed by atoms with Gasteiger partial charge in [-0.25, -0.2) is 9.78 Å². The maximum Gasteiger partial charge on any atom is 0.343 e. The molecule has 3 aromatic rings. The number of nitrogens with zero attached hydrogens (tertiary/aromatic N) is 4. The number of esters is 1. The van der Waals surface area contributed by atoms with Crippen molar-refractivity contribution >= 4 is 34.3 Å². The molecule has 0 spiro atoms. The highest BCUT2D eigenvalue weighted by Gasteiger charge is 2.26. The largest absolute Gasteiger partial charge is 0.474 e. The molecule has 6 rings (SSSR count). The van der Waals surface area contributed by atoms with Crippen molar-refractivity contribution in [2.24, 2.45) is 0 Å². The lowest BCUT2D eigenvalue weighted by atomic mass is 9.93. The van der Waals surface area contributed by atoms with Gasteiger partial charge in [0, 0.05) is 50.0 Å². The Morgan fingerprint density at radius 1 is 0.952 bits per heavy atom.